The molecule has 0 aromatic carbocycles. The smallest absolute Gasteiger partial charge is 0.215 e. The van der Waals surface area contributed by atoms with E-state index in [4.69, 9.17) is 5.84 Å². The van der Waals surface area contributed by atoms with E-state index in [2.05, 4.69) is 23.0 Å². The minimum absolute atomic E-state index is 0.0121. The van der Waals surface area contributed by atoms with Crippen molar-refractivity contribution < 1.29 is 8.42 Å². The van der Waals surface area contributed by atoms with E-state index in [1.807, 2.05) is 0 Å². The van der Waals surface area contributed by atoms with Gasteiger partial charge in [0.15, 0.2) is 5.11 Å². The molecule has 0 aliphatic heterocycles. The first-order chi connectivity index (χ1) is 5.90. The Kier molecular flexibility index (Phi) is 5.14. The predicted molar refractivity (Wildman–Crippen MR) is 55.4 cm³/mol. The van der Waals surface area contributed by atoms with Gasteiger partial charge < -0.3 is 10.7 Å². The lowest BCUT2D eigenvalue weighted by molar-refractivity contribution is 0.520. The summed E-state index contributed by atoms with van der Waals surface area (Å²) in [6, 6.07) is 0. The first kappa shape index (κ1) is 12.6. The molecule has 0 radical (unpaired) electrons. The summed E-state index contributed by atoms with van der Waals surface area (Å²) in [5, 5.41) is 2.86. The van der Waals surface area contributed by atoms with Gasteiger partial charge in [-0.25, -0.2) is 18.6 Å². The fraction of sp³-hybridized carbons (Fsp3) is 0.800. The van der Waals surface area contributed by atoms with Crippen LogP contribution in [0.3, 0.4) is 0 Å². The molecule has 0 spiro atoms. The number of nitrogens with one attached hydrogen (secondary N) is 2. The van der Waals surface area contributed by atoms with Crippen LogP contribution in [0.25, 0.3) is 0 Å². The molecule has 0 bridgehead atoms. The third-order valence-corrected chi connectivity index (χ3v) is 3.43. The molecule has 0 atom stereocenters. The lowest BCUT2D eigenvalue weighted by Crippen LogP contribution is -2.42. The van der Waals surface area contributed by atoms with E-state index in [0.29, 0.717) is 0 Å². The van der Waals surface area contributed by atoms with Crippen LogP contribution in [-0.4, -0.2) is 44.2 Å². The molecule has 13 heavy (non-hydrogen) atoms. The molecule has 0 rings (SSSR count). The third-order valence-electron chi connectivity index (χ3n) is 1.33. The first-order valence-corrected chi connectivity index (χ1v) is 5.56. The molecule has 8 heteroatoms. The van der Waals surface area contributed by atoms with E-state index in [1.165, 1.54) is 14.1 Å². The summed E-state index contributed by atoms with van der Waals surface area (Å²) in [6.07, 6.45) is 0. The summed E-state index contributed by atoms with van der Waals surface area (Å²) in [5.74, 6) is 4.96. The number of thiocarbonyl (C=S) groups is 1. The molecule has 78 valence electrons. The van der Waals surface area contributed by atoms with Crippen LogP contribution in [0.1, 0.15) is 0 Å². The molecule has 4 N–H and O–H groups in total. The van der Waals surface area contributed by atoms with Crippen LogP contribution in [0.2, 0.25) is 0 Å². The highest BCUT2D eigenvalue weighted by Gasteiger charge is 2.12. The van der Waals surface area contributed by atoms with Gasteiger partial charge in [0.2, 0.25) is 10.0 Å². The SMILES string of the molecule is CN(C)S(=O)(=O)CCNC(=S)NN. The van der Waals surface area contributed by atoms with Crippen LogP contribution in [-0.2, 0) is 10.0 Å². The number of nitrogens with zero attached hydrogens (tertiary/aromatic N) is 1. The molecule has 6 nitrogen and oxygen atoms in total. The van der Waals surface area contributed by atoms with Crippen molar-refractivity contribution in [2.24, 2.45) is 5.84 Å². The maximum atomic E-state index is 11.2. The highest BCUT2D eigenvalue weighted by atomic mass is 32.2. The molecule has 0 fully saturated rings. The topological polar surface area (TPSA) is 87.5 Å². The Labute approximate surface area is 83.5 Å². The Hall–Kier alpha value is -0.440. The third kappa shape index (κ3) is 4.98. The second-order valence-electron chi connectivity index (χ2n) is 2.50. The van der Waals surface area contributed by atoms with E-state index in [1.54, 1.807) is 0 Å². The van der Waals surface area contributed by atoms with Gasteiger partial charge in [0, 0.05) is 20.6 Å². The number of nitrogens with two attached hydrogens (primary N) is 1. The normalized spacial score (nSPS) is 11.4. The standard InChI is InChI=1S/C5H14N4O2S2/c1-9(2)13(10,11)4-3-7-5(12)8-6/h3-4,6H2,1-2H3,(H2,7,8,12). The summed E-state index contributed by atoms with van der Waals surface area (Å²) >= 11 is 4.65. The van der Waals surface area contributed by atoms with Gasteiger partial charge >= 0.3 is 0 Å². The molecule has 0 aliphatic rings. The van der Waals surface area contributed by atoms with E-state index in [0.717, 1.165) is 4.31 Å². The van der Waals surface area contributed by atoms with Gasteiger partial charge in [0.25, 0.3) is 0 Å². The predicted octanol–water partition coefficient (Wildman–Crippen LogP) is -1.78. The maximum Gasteiger partial charge on any atom is 0.215 e. The molecule has 0 heterocycles. The zero-order chi connectivity index (χ0) is 10.5. The fourth-order valence-corrected chi connectivity index (χ4v) is 1.35. The van der Waals surface area contributed by atoms with Gasteiger partial charge in [-0.1, -0.05) is 0 Å². The quantitative estimate of drug-likeness (QED) is 0.298. The Bertz CT molecular complexity index is 262. The zero-order valence-electron chi connectivity index (χ0n) is 7.57. The highest BCUT2D eigenvalue weighted by molar-refractivity contribution is 7.89. The highest BCUT2D eigenvalue weighted by Crippen LogP contribution is 1.91. The average molecular weight is 226 g/mol. The van der Waals surface area contributed by atoms with E-state index < -0.39 is 10.0 Å². The van der Waals surface area contributed by atoms with Crippen molar-refractivity contribution in [3.63, 3.8) is 0 Å². The molecule has 0 saturated carbocycles. The van der Waals surface area contributed by atoms with Crippen LogP contribution < -0.4 is 16.6 Å². The molecule has 0 saturated heterocycles. The number of hydrazine groups is 1. The summed E-state index contributed by atoms with van der Waals surface area (Å²) in [7, 11) is -0.197. The largest absolute Gasteiger partial charge is 0.361 e. The van der Waals surface area contributed by atoms with Crippen LogP contribution in [0.5, 0.6) is 0 Å². The number of hydrogen-bond acceptors (Lipinski definition) is 4. The molecule has 0 unspecified atom stereocenters. The molecular formula is C5H14N4O2S2. The van der Waals surface area contributed by atoms with Crippen LogP contribution in [0, 0.1) is 0 Å². The number of rotatable bonds is 4. The monoisotopic (exact) mass is 226 g/mol. The van der Waals surface area contributed by atoms with Gasteiger partial charge in [-0.15, -0.1) is 0 Å². The molecular weight excluding hydrogens is 212 g/mol. The van der Waals surface area contributed by atoms with Gasteiger partial charge in [0.05, 0.1) is 5.75 Å². The van der Waals surface area contributed by atoms with Gasteiger partial charge in [-0.3, -0.25) is 0 Å². The lowest BCUT2D eigenvalue weighted by atomic mass is 10.7. The minimum Gasteiger partial charge on any atom is -0.361 e. The molecule has 0 aromatic heterocycles. The van der Waals surface area contributed by atoms with E-state index in [9.17, 15) is 8.42 Å². The summed E-state index contributed by atoms with van der Waals surface area (Å²) < 4.78 is 23.5. The maximum absolute atomic E-state index is 11.2. The lowest BCUT2D eigenvalue weighted by Gasteiger charge is -2.11. The second-order valence-corrected chi connectivity index (χ2v) is 5.21. The Morgan fingerprint density at radius 2 is 2.08 bits per heavy atom. The number of hydrogen-bond donors (Lipinski definition) is 3. The van der Waals surface area contributed by atoms with Crippen LogP contribution in [0.4, 0.5) is 0 Å². The summed E-state index contributed by atoms with van der Waals surface area (Å²) in [6.45, 7) is 0.240. The summed E-state index contributed by atoms with van der Waals surface area (Å²) in [4.78, 5) is 0. The van der Waals surface area contributed by atoms with Crippen molar-refractivity contribution in [1.82, 2.24) is 15.0 Å². The van der Waals surface area contributed by atoms with Crippen molar-refractivity contribution in [2.45, 2.75) is 0 Å². The van der Waals surface area contributed by atoms with Crippen molar-refractivity contribution in [2.75, 3.05) is 26.4 Å². The van der Waals surface area contributed by atoms with Crippen molar-refractivity contribution in [3.8, 4) is 0 Å². The van der Waals surface area contributed by atoms with E-state index in [-0.39, 0.29) is 17.4 Å². The first-order valence-electron chi connectivity index (χ1n) is 3.55. The zero-order valence-corrected chi connectivity index (χ0v) is 9.20. The Morgan fingerprint density at radius 1 is 1.54 bits per heavy atom. The Balaban J connectivity index is 3.84. The van der Waals surface area contributed by atoms with Crippen molar-refractivity contribution >= 4 is 27.4 Å². The molecule has 0 amide bonds. The van der Waals surface area contributed by atoms with Crippen molar-refractivity contribution in [1.29, 1.82) is 0 Å². The summed E-state index contributed by atoms with van der Waals surface area (Å²) in [5.41, 5.74) is 2.19. The van der Waals surface area contributed by atoms with Gasteiger partial charge in [-0.2, -0.15) is 0 Å². The molecule has 0 aliphatic carbocycles. The minimum atomic E-state index is -3.16. The van der Waals surface area contributed by atoms with Gasteiger partial charge in [-0.05, 0) is 12.2 Å². The van der Waals surface area contributed by atoms with Gasteiger partial charge in [0.1, 0.15) is 0 Å². The molecule has 0 aromatic rings. The van der Waals surface area contributed by atoms with Crippen molar-refractivity contribution in [3.05, 3.63) is 0 Å². The second kappa shape index (κ2) is 5.32. The Morgan fingerprint density at radius 3 is 2.46 bits per heavy atom. The van der Waals surface area contributed by atoms with Crippen LogP contribution >= 0.6 is 12.2 Å². The fourth-order valence-electron chi connectivity index (χ4n) is 0.527. The van der Waals surface area contributed by atoms with E-state index >= 15 is 0 Å². The number of sulfonamides is 1. The average Bonchev–Trinajstić information content (AvgIpc) is 2.03. The van der Waals surface area contributed by atoms with Crippen LogP contribution in [0.15, 0.2) is 0 Å².